The number of nitrogens with zero attached hydrogens (tertiary/aromatic N) is 1. The molecule has 1 heterocycles. The van der Waals surface area contributed by atoms with E-state index in [1.807, 2.05) is 12.1 Å². The van der Waals surface area contributed by atoms with Crippen molar-refractivity contribution >= 4 is 0 Å². The Morgan fingerprint density at radius 2 is 1.92 bits per heavy atom. The van der Waals surface area contributed by atoms with Crippen molar-refractivity contribution in [3.05, 3.63) is 35.9 Å². The summed E-state index contributed by atoms with van der Waals surface area (Å²) < 4.78 is 0. The predicted octanol–water partition coefficient (Wildman–Crippen LogP) is 0.892. The summed E-state index contributed by atoms with van der Waals surface area (Å²) >= 11 is 0. The number of hydrogen-bond acceptors (Lipinski definition) is 2. The van der Waals surface area contributed by atoms with Crippen LogP contribution in [-0.4, -0.2) is 31.1 Å². The smallest absolute Gasteiger partial charge is 0.0234 e. The Bertz CT molecular complexity index is 240. The van der Waals surface area contributed by atoms with Gasteiger partial charge in [-0.05, 0) is 11.6 Å². The highest BCUT2D eigenvalue weighted by Gasteiger charge is 2.08. The lowest BCUT2D eigenvalue weighted by molar-refractivity contribution is 0.233. The number of hydrogen-bond donors (Lipinski definition) is 1. The lowest BCUT2D eigenvalue weighted by Crippen LogP contribution is -2.42. The van der Waals surface area contributed by atoms with Gasteiger partial charge in [-0.25, -0.2) is 0 Å². The maximum Gasteiger partial charge on any atom is 0.0234 e. The van der Waals surface area contributed by atoms with E-state index in [-0.39, 0.29) is 0 Å². The van der Waals surface area contributed by atoms with Gasteiger partial charge in [-0.1, -0.05) is 24.3 Å². The maximum absolute atomic E-state index is 3.35. The molecule has 1 N–H and O–H groups in total. The van der Waals surface area contributed by atoms with E-state index in [1.54, 1.807) is 0 Å². The van der Waals surface area contributed by atoms with E-state index in [1.165, 1.54) is 18.7 Å². The van der Waals surface area contributed by atoms with Crippen LogP contribution in [0.25, 0.3) is 0 Å². The monoisotopic (exact) mass is 175 g/mol. The zero-order valence-corrected chi connectivity index (χ0v) is 7.79. The summed E-state index contributed by atoms with van der Waals surface area (Å²) in [6.45, 7) is 5.66. The van der Waals surface area contributed by atoms with Crippen LogP contribution in [0.3, 0.4) is 0 Å². The molecular weight excluding hydrogens is 160 g/mol. The van der Waals surface area contributed by atoms with Gasteiger partial charge in [-0.15, -0.1) is 0 Å². The third kappa shape index (κ3) is 2.54. The van der Waals surface area contributed by atoms with Crippen molar-refractivity contribution in [1.82, 2.24) is 10.2 Å². The van der Waals surface area contributed by atoms with Gasteiger partial charge >= 0.3 is 0 Å². The van der Waals surface area contributed by atoms with Gasteiger partial charge in [0.05, 0.1) is 0 Å². The quantitative estimate of drug-likeness (QED) is 0.718. The number of benzene rings is 1. The van der Waals surface area contributed by atoms with Gasteiger partial charge in [0, 0.05) is 32.7 Å². The molecule has 13 heavy (non-hydrogen) atoms. The second-order valence-electron chi connectivity index (χ2n) is 3.43. The van der Waals surface area contributed by atoms with Gasteiger partial charge in [-0.2, -0.15) is 0 Å². The first-order valence-electron chi connectivity index (χ1n) is 4.83. The molecule has 0 unspecified atom stereocenters. The van der Waals surface area contributed by atoms with Crippen LogP contribution < -0.4 is 5.32 Å². The molecule has 2 nitrogen and oxygen atoms in total. The second kappa shape index (κ2) is 4.40. The molecule has 1 radical (unpaired) electrons. The van der Waals surface area contributed by atoms with Crippen molar-refractivity contribution in [3.8, 4) is 0 Å². The van der Waals surface area contributed by atoms with Crippen molar-refractivity contribution in [1.29, 1.82) is 0 Å². The molecule has 0 spiro atoms. The Kier molecular flexibility index (Phi) is 2.95. The average Bonchev–Trinajstić information content (AvgIpc) is 2.21. The minimum Gasteiger partial charge on any atom is -0.314 e. The fourth-order valence-electron chi connectivity index (χ4n) is 1.65. The van der Waals surface area contributed by atoms with E-state index in [0.717, 1.165) is 19.6 Å². The lowest BCUT2D eigenvalue weighted by Gasteiger charge is -2.27. The molecule has 0 aliphatic carbocycles. The van der Waals surface area contributed by atoms with Gasteiger partial charge in [0.2, 0.25) is 0 Å². The van der Waals surface area contributed by atoms with Gasteiger partial charge in [0.1, 0.15) is 0 Å². The Balaban J connectivity index is 1.90. The SMILES string of the molecule is [c]1ccc(CN2CCNCC2)cc1. The van der Waals surface area contributed by atoms with Crippen molar-refractivity contribution in [2.45, 2.75) is 6.54 Å². The van der Waals surface area contributed by atoms with Gasteiger partial charge in [0.15, 0.2) is 0 Å². The van der Waals surface area contributed by atoms with Crippen molar-refractivity contribution < 1.29 is 0 Å². The topological polar surface area (TPSA) is 15.3 Å². The summed E-state index contributed by atoms with van der Waals surface area (Å²) in [5.41, 5.74) is 1.39. The van der Waals surface area contributed by atoms with E-state index in [4.69, 9.17) is 0 Å². The molecule has 0 bridgehead atoms. The summed E-state index contributed by atoms with van der Waals surface area (Å²) in [7, 11) is 0. The molecule has 0 aromatic heterocycles. The summed E-state index contributed by atoms with van der Waals surface area (Å²) in [5.74, 6) is 0. The number of nitrogens with one attached hydrogen (secondary N) is 1. The zero-order chi connectivity index (χ0) is 8.93. The van der Waals surface area contributed by atoms with E-state index in [9.17, 15) is 0 Å². The Hall–Kier alpha value is -0.860. The molecule has 2 rings (SSSR count). The largest absolute Gasteiger partial charge is 0.314 e. The van der Waals surface area contributed by atoms with Gasteiger partial charge in [-0.3, -0.25) is 4.90 Å². The summed E-state index contributed by atoms with van der Waals surface area (Å²) in [6, 6.07) is 11.3. The molecule has 1 saturated heterocycles. The molecule has 1 aromatic rings. The molecular formula is C11H15N2. The van der Waals surface area contributed by atoms with Crippen LogP contribution in [-0.2, 0) is 6.54 Å². The van der Waals surface area contributed by atoms with Crippen LogP contribution in [0, 0.1) is 6.07 Å². The average molecular weight is 175 g/mol. The molecule has 1 fully saturated rings. The first-order valence-corrected chi connectivity index (χ1v) is 4.83. The first kappa shape index (κ1) is 8.73. The Labute approximate surface area is 79.6 Å². The summed E-state index contributed by atoms with van der Waals surface area (Å²) in [6.07, 6.45) is 0. The summed E-state index contributed by atoms with van der Waals surface area (Å²) in [4.78, 5) is 2.48. The third-order valence-electron chi connectivity index (χ3n) is 2.40. The van der Waals surface area contributed by atoms with E-state index < -0.39 is 0 Å². The lowest BCUT2D eigenvalue weighted by atomic mass is 10.2. The van der Waals surface area contributed by atoms with Crippen LogP contribution >= 0.6 is 0 Å². The van der Waals surface area contributed by atoms with Crippen LogP contribution in [0.2, 0.25) is 0 Å². The molecule has 0 atom stereocenters. The molecule has 69 valence electrons. The standard InChI is InChI=1S/C11H15N2/c1-2-4-11(5-3-1)10-13-8-6-12-7-9-13/h2-5,12H,6-10H2. The Morgan fingerprint density at radius 3 is 2.62 bits per heavy atom. The van der Waals surface area contributed by atoms with Crippen molar-refractivity contribution in [2.24, 2.45) is 0 Å². The molecule has 1 aliphatic heterocycles. The number of rotatable bonds is 2. The normalized spacial score (nSPS) is 18.8. The van der Waals surface area contributed by atoms with Crippen molar-refractivity contribution in [3.63, 3.8) is 0 Å². The predicted molar refractivity (Wildman–Crippen MR) is 53.4 cm³/mol. The van der Waals surface area contributed by atoms with Crippen LogP contribution in [0.1, 0.15) is 5.56 Å². The highest BCUT2D eigenvalue weighted by atomic mass is 15.2. The van der Waals surface area contributed by atoms with E-state index >= 15 is 0 Å². The van der Waals surface area contributed by atoms with Crippen molar-refractivity contribution in [2.75, 3.05) is 26.2 Å². The maximum atomic E-state index is 3.35. The fraction of sp³-hybridized carbons (Fsp3) is 0.455. The summed E-state index contributed by atoms with van der Waals surface area (Å²) in [5, 5.41) is 3.35. The molecule has 1 aliphatic rings. The molecule has 0 saturated carbocycles. The van der Waals surface area contributed by atoms with Gasteiger partial charge in [0.25, 0.3) is 0 Å². The van der Waals surface area contributed by atoms with E-state index in [2.05, 4.69) is 28.4 Å². The minimum atomic E-state index is 1.08. The van der Waals surface area contributed by atoms with Gasteiger partial charge < -0.3 is 5.32 Å². The minimum absolute atomic E-state index is 1.08. The molecule has 0 amide bonds. The zero-order valence-electron chi connectivity index (χ0n) is 7.79. The van der Waals surface area contributed by atoms with E-state index in [0.29, 0.717) is 0 Å². The molecule has 1 aromatic carbocycles. The highest BCUT2D eigenvalue weighted by molar-refractivity contribution is 5.13. The Morgan fingerprint density at radius 1 is 1.23 bits per heavy atom. The van der Waals surface area contributed by atoms with Crippen LogP contribution in [0.4, 0.5) is 0 Å². The first-order chi connectivity index (χ1) is 6.45. The van der Waals surface area contributed by atoms with Crippen LogP contribution in [0.5, 0.6) is 0 Å². The highest BCUT2D eigenvalue weighted by Crippen LogP contribution is 2.04. The number of piperazine rings is 1. The third-order valence-corrected chi connectivity index (χ3v) is 2.40. The molecule has 2 heteroatoms. The second-order valence-corrected chi connectivity index (χ2v) is 3.43. The fourth-order valence-corrected chi connectivity index (χ4v) is 1.65. The van der Waals surface area contributed by atoms with Crippen LogP contribution in [0.15, 0.2) is 24.3 Å².